The molecule has 10 heteroatoms. The molecule has 2 aliphatic rings. The Labute approximate surface area is 229 Å². The van der Waals surface area contributed by atoms with Crippen molar-refractivity contribution in [3.8, 4) is 11.5 Å². The monoisotopic (exact) mass is 632 g/mol. The van der Waals surface area contributed by atoms with Crippen molar-refractivity contribution in [3.05, 3.63) is 83.9 Å². The van der Waals surface area contributed by atoms with Crippen LogP contribution in [0, 0.1) is 0 Å². The van der Waals surface area contributed by atoms with Crippen LogP contribution in [0.15, 0.2) is 77.7 Å². The number of anilines is 1. The van der Waals surface area contributed by atoms with Crippen LogP contribution in [-0.4, -0.2) is 48.2 Å². The second-order valence-corrected chi connectivity index (χ2v) is 11.3. The molecule has 0 radical (unpaired) electrons. The number of ketones is 1. The summed E-state index contributed by atoms with van der Waals surface area (Å²) in [7, 11) is -3.88. The Hall–Kier alpha value is -2.96. The number of rotatable bonds is 9. The van der Waals surface area contributed by atoms with E-state index in [1.165, 1.54) is 21.3 Å². The molecule has 0 aromatic heterocycles. The summed E-state index contributed by atoms with van der Waals surface area (Å²) in [5.74, 6) is 0.0157. The van der Waals surface area contributed by atoms with Gasteiger partial charge in [-0.25, -0.2) is 8.42 Å². The summed E-state index contributed by atoms with van der Waals surface area (Å²) >= 11 is 2.11. The topological polar surface area (TPSA) is 93.2 Å². The van der Waals surface area contributed by atoms with E-state index < -0.39 is 21.7 Å². The van der Waals surface area contributed by atoms with Crippen molar-refractivity contribution in [2.75, 3.05) is 22.7 Å². The Bertz CT molecular complexity index is 1410. The first-order valence-corrected chi connectivity index (χ1v) is 14.8. The third-order valence-corrected chi connectivity index (χ3v) is 8.80. The molecule has 37 heavy (non-hydrogen) atoms. The number of hydrogen-bond donors (Lipinski definition) is 0. The van der Waals surface area contributed by atoms with Gasteiger partial charge in [-0.1, -0.05) is 30.3 Å². The summed E-state index contributed by atoms with van der Waals surface area (Å²) in [6.45, 7) is 0.804. The lowest BCUT2D eigenvalue weighted by Crippen LogP contribution is -2.39. The molecule has 0 unspecified atom stereocenters. The van der Waals surface area contributed by atoms with E-state index in [1.807, 2.05) is 42.5 Å². The van der Waals surface area contributed by atoms with Gasteiger partial charge in [0.2, 0.25) is 10.0 Å². The standard InChI is InChI=1S/C27H25IN2O6S/c28-18-36-22-10-8-19(9-11-22)16-29-25-13-12-23(15-24(25)26(31)27(29)32)37(33,34)30-14-4-5-20(30)17-35-21-6-2-1-3-7-21/h1-3,6-13,15,20H,4-5,14,16-18H2/t20-/m0/s1. The maximum atomic E-state index is 13.6. The van der Waals surface area contributed by atoms with Gasteiger partial charge in [-0.05, 0) is 83.5 Å². The van der Waals surface area contributed by atoms with E-state index in [9.17, 15) is 18.0 Å². The summed E-state index contributed by atoms with van der Waals surface area (Å²) in [4.78, 5) is 27.0. The fraction of sp³-hybridized carbons (Fsp3) is 0.259. The first-order chi connectivity index (χ1) is 17.9. The normalized spacial score (nSPS) is 17.8. The van der Waals surface area contributed by atoms with Crippen molar-refractivity contribution in [1.82, 2.24) is 4.31 Å². The van der Waals surface area contributed by atoms with Crippen LogP contribution in [0.3, 0.4) is 0 Å². The molecule has 1 amide bonds. The van der Waals surface area contributed by atoms with Gasteiger partial charge in [-0.2, -0.15) is 4.31 Å². The SMILES string of the molecule is O=C1C(=O)N(Cc2ccc(OCI)cc2)c2ccc(S(=O)(=O)N3CCC[C@H]3COc3ccccc3)cc21. The maximum absolute atomic E-state index is 13.6. The number of halogens is 1. The molecule has 0 aliphatic carbocycles. The third kappa shape index (κ3) is 5.23. The second kappa shape index (κ2) is 10.8. The van der Waals surface area contributed by atoms with Crippen molar-refractivity contribution in [2.24, 2.45) is 0 Å². The highest BCUT2D eigenvalue weighted by molar-refractivity contribution is 14.1. The Morgan fingerprint density at radius 3 is 2.38 bits per heavy atom. The Morgan fingerprint density at radius 2 is 1.65 bits per heavy atom. The number of carbonyl (C=O) groups excluding carboxylic acids is 2. The fourth-order valence-corrected chi connectivity index (χ4v) is 6.74. The lowest BCUT2D eigenvalue weighted by Gasteiger charge is -2.24. The fourth-order valence-electron chi connectivity index (χ4n) is 4.67. The number of Topliss-reactive ketones (excluding diaryl/α,β-unsaturated/α-hetero) is 1. The molecule has 3 aromatic rings. The molecule has 8 nitrogen and oxygen atoms in total. The smallest absolute Gasteiger partial charge is 0.299 e. The van der Waals surface area contributed by atoms with E-state index in [0.717, 1.165) is 12.0 Å². The zero-order valence-corrected chi connectivity index (χ0v) is 22.9. The molecule has 2 heterocycles. The molecule has 1 fully saturated rings. The summed E-state index contributed by atoms with van der Waals surface area (Å²) < 4.78 is 40.3. The van der Waals surface area contributed by atoms with Crippen LogP contribution in [-0.2, 0) is 21.4 Å². The summed E-state index contributed by atoms with van der Waals surface area (Å²) in [5, 5.41) is 0. The summed E-state index contributed by atoms with van der Waals surface area (Å²) in [5.41, 5.74) is 1.34. The lowest BCUT2D eigenvalue weighted by atomic mass is 10.1. The first kappa shape index (κ1) is 25.7. The number of alkyl halides is 1. The van der Waals surface area contributed by atoms with E-state index in [-0.39, 0.29) is 29.7 Å². The van der Waals surface area contributed by atoms with Gasteiger partial charge in [0.1, 0.15) is 22.7 Å². The molecular weight excluding hydrogens is 607 g/mol. The van der Waals surface area contributed by atoms with E-state index in [1.54, 1.807) is 18.2 Å². The van der Waals surface area contributed by atoms with Gasteiger partial charge < -0.3 is 14.4 Å². The quantitative estimate of drug-likeness (QED) is 0.197. The van der Waals surface area contributed by atoms with E-state index in [2.05, 4.69) is 22.6 Å². The number of ether oxygens (including phenoxy) is 2. The highest BCUT2D eigenvalue weighted by Gasteiger charge is 2.40. The van der Waals surface area contributed by atoms with Crippen molar-refractivity contribution in [3.63, 3.8) is 0 Å². The van der Waals surface area contributed by atoms with Crippen LogP contribution in [0.25, 0.3) is 0 Å². The molecular formula is C27H25IN2O6S. The molecule has 0 saturated carbocycles. The minimum atomic E-state index is -3.88. The first-order valence-electron chi connectivity index (χ1n) is 11.9. The average molecular weight is 632 g/mol. The highest BCUT2D eigenvalue weighted by atomic mass is 127. The molecule has 0 bridgehead atoms. The van der Waals surface area contributed by atoms with Crippen LogP contribution in [0.1, 0.15) is 28.8 Å². The zero-order chi connectivity index (χ0) is 26.0. The van der Waals surface area contributed by atoms with Crippen LogP contribution in [0.5, 0.6) is 11.5 Å². The van der Waals surface area contributed by atoms with Gasteiger partial charge in [0.05, 0.1) is 28.7 Å². The molecule has 0 N–H and O–H groups in total. The number of fused-ring (bicyclic) bond motifs is 1. The van der Waals surface area contributed by atoms with E-state index >= 15 is 0 Å². The maximum Gasteiger partial charge on any atom is 0.299 e. The number of nitrogens with zero attached hydrogens (tertiary/aromatic N) is 2. The zero-order valence-electron chi connectivity index (χ0n) is 19.9. The van der Waals surface area contributed by atoms with Crippen molar-refractivity contribution < 1.29 is 27.5 Å². The average Bonchev–Trinajstić information content (AvgIpc) is 3.49. The van der Waals surface area contributed by atoms with Gasteiger partial charge >= 0.3 is 0 Å². The molecule has 3 aromatic carbocycles. The summed E-state index contributed by atoms with van der Waals surface area (Å²) in [6, 6.07) is 20.6. The number of hydrogen-bond acceptors (Lipinski definition) is 6. The summed E-state index contributed by atoms with van der Waals surface area (Å²) in [6.07, 6.45) is 1.41. The van der Waals surface area contributed by atoms with Gasteiger partial charge in [0.15, 0.2) is 0 Å². The van der Waals surface area contributed by atoms with Gasteiger partial charge in [0.25, 0.3) is 11.7 Å². The van der Waals surface area contributed by atoms with Crippen LogP contribution >= 0.6 is 22.6 Å². The highest BCUT2D eigenvalue weighted by Crippen LogP contribution is 2.35. The number of para-hydroxylation sites is 1. The molecule has 1 saturated heterocycles. The van der Waals surface area contributed by atoms with Crippen molar-refractivity contribution in [1.29, 1.82) is 0 Å². The van der Waals surface area contributed by atoms with Crippen molar-refractivity contribution in [2.45, 2.75) is 30.3 Å². The van der Waals surface area contributed by atoms with Gasteiger partial charge in [0, 0.05) is 6.54 Å². The largest absolute Gasteiger partial charge is 0.492 e. The van der Waals surface area contributed by atoms with Crippen LogP contribution in [0.2, 0.25) is 0 Å². The minimum Gasteiger partial charge on any atom is -0.492 e. The predicted molar refractivity (Wildman–Crippen MR) is 147 cm³/mol. The number of carbonyl (C=O) groups is 2. The minimum absolute atomic E-state index is 0.00108. The van der Waals surface area contributed by atoms with Crippen LogP contribution < -0.4 is 14.4 Å². The van der Waals surface area contributed by atoms with Crippen molar-refractivity contribution >= 4 is 50.0 Å². The molecule has 192 valence electrons. The number of sulfonamides is 1. The molecule has 1 atom stereocenters. The molecule has 5 rings (SSSR count). The second-order valence-electron chi connectivity index (χ2n) is 8.83. The van der Waals surface area contributed by atoms with E-state index in [4.69, 9.17) is 9.47 Å². The van der Waals surface area contributed by atoms with E-state index in [0.29, 0.717) is 34.8 Å². The Balaban J connectivity index is 1.35. The van der Waals surface area contributed by atoms with Gasteiger partial charge in [-0.15, -0.1) is 0 Å². The molecule has 0 spiro atoms. The number of amides is 1. The van der Waals surface area contributed by atoms with Gasteiger partial charge in [-0.3, -0.25) is 9.59 Å². The Morgan fingerprint density at radius 1 is 0.919 bits per heavy atom. The molecule has 2 aliphatic heterocycles. The Kier molecular flexibility index (Phi) is 7.50. The lowest BCUT2D eigenvalue weighted by molar-refractivity contribution is -0.114. The third-order valence-electron chi connectivity index (χ3n) is 6.54. The van der Waals surface area contributed by atoms with Crippen LogP contribution in [0.4, 0.5) is 5.69 Å². The predicted octanol–water partition coefficient (Wildman–Crippen LogP) is 4.42. The number of benzene rings is 3.